The van der Waals surface area contributed by atoms with Gasteiger partial charge in [0.2, 0.25) is 0 Å². The average Bonchev–Trinajstić information content (AvgIpc) is 2.87. The highest BCUT2D eigenvalue weighted by atomic mass is 32.1. The number of methoxy groups -OCH3 is 2. The second-order valence-corrected chi connectivity index (χ2v) is 4.10. The molecule has 1 aromatic carbocycles. The van der Waals surface area contributed by atoms with E-state index < -0.39 is 5.97 Å². The zero-order valence-electron chi connectivity index (χ0n) is 9.47. The first-order chi connectivity index (χ1) is 8.26. The topological polar surface area (TPSA) is 48.4 Å². The molecule has 0 fully saturated rings. The lowest BCUT2D eigenvalue weighted by molar-refractivity contribution is 0.0596. The van der Waals surface area contributed by atoms with Gasteiger partial charge in [0.1, 0.15) is 5.75 Å². The van der Waals surface area contributed by atoms with Crippen molar-refractivity contribution in [2.24, 2.45) is 0 Å². The van der Waals surface area contributed by atoms with Gasteiger partial charge >= 0.3 is 5.97 Å². The van der Waals surface area contributed by atoms with Gasteiger partial charge in [0.15, 0.2) is 5.69 Å². The summed E-state index contributed by atoms with van der Waals surface area (Å²) in [4.78, 5) is 16.3. The van der Waals surface area contributed by atoms with E-state index in [1.807, 2.05) is 24.3 Å². The van der Waals surface area contributed by atoms with Crippen LogP contribution in [0.1, 0.15) is 10.5 Å². The van der Waals surface area contributed by atoms with Crippen LogP contribution < -0.4 is 4.74 Å². The summed E-state index contributed by atoms with van der Waals surface area (Å²) in [6, 6.07) is 7.46. The lowest BCUT2D eigenvalue weighted by Crippen LogP contribution is -2.02. The van der Waals surface area contributed by atoms with Gasteiger partial charge in [-0.25, -0.2) is 9.78 Å². The largest absolute Gasteiger partial charge is 0.497 e. The van der Waals surface area contributed by atoms with Crippen molar-refractivity contribution in [1.82, 2.24) is 4.98 Å². The molecule has 5 heteroatoms. The fourth-order valence-electron chi connectivity index (χ4n) is 1.44. The van der Waals surface area contributed by atoms with Gasteiger partial charge in [-0.3, -0.25) is 0 Å². The molecular weight excluding hydrogens is 238 g/mol. The van der Waals surface area contributed by atoms with Gasteiger partial charge in [0.05, 0.1) is 24.6 Å². The molecule has 1 heterocycles. The molecule has 17 heavy (non-hydrogen) atoms. The Morgan fingerprint density at radius 3 is 2.53 bits per heavy atom. The zero-order chi connectivity index (χ0) is 12.3. The minimum absolute atomic E-state index is 0.350. The second kappa shape index (κ2) is 4.97. The van der Waals surface area contributed by atoms with E-state index in [1.54, 1.807) is 12.6 Å². The van der Waals surface area contributed by atoms with Crippen molar-refractivity contribution >= 4 is 17.3 Å². The minimum Gasteiger partial charge on any atom is -0.497 e. The molecular formula is C12H11NO3S. The van der Waals surface area contributed by atoms with Crippen LogP contribution in [0.2, 0.25) is 0 Å². The van der Waals surface area contributed by atoms with Gasteiger partial charge in [-0.2, -0.15) is 0 Å². The smallest absolute Gasteiger partial charge is 0.358 e. The Balaban J connectivity index is 2.39. The Morgan fingerprint density at radius 1 is 1.24 bits per heavy atom. The molecule has 0 aliphatic heterocycles. The number of benzene rings is 1. The molecule has 0 N–H and O–H groups in total. The normalized spacial score (nSPS) is 10.0. The molecule has 0 amide bonds. The average molecular weight is 249 g/mol. The van der Waals surface area contributed by atoms with Crippen LogP contribution in [0.25, 0.3) is 10.4 Å². The van der Waals surface area contributed by atoms with Crippen molar-refractivity contribution in [1.29, 1.82) is 0 Å². The van der Waals surface area contributed by atoms with Crippen LogP contribution >= 0.6 is 11.3 Å². The van der Waals surface area contributed by atoms with Crippen molar-refractivity contribution in [3.05, 3.63) is 35.5 Å². The van der Waals surface area contributed by atoms with E-state index in [9.17, 15) is 4.79 Å². The molecule has 4 nitrogen and oxygen atoms in total. The Morgan fingerprint density at radius 2 is 1.94 bits per heavy atom. The van der Waals surface area contributed by atoms with Crippen LogP contribution in [-0.4, -0.2) is 25.2 Å². The maximum absolute atomic E-state index is 11.5. The van der Waals surface area contributed by atoms with Crippen LogP contribution in [0.4, 0.5) is 0 Å². The predicted octanol–water partition coefficient (Wildman–Crippen LogP) is 2.61. The number of hydrogen-bond donors (Lipinski definition) is 0. The third-order valence-electron chi connectivity index (χ3n) is 2.30. The molecule has 0 aliphatic rings. The summed E-state index contributed by atoms with van der Waals surface area (Å²) in [5, 5.41) is 0. The number of ether oxygens (including phenoxy) is 2. The van der Waals surface area contributed by atoms with E-state index >= 15 is 0 Å². The summed E-state index contributed by atoms with van der Waals surface area (Å²) in [6.07, 6.45) is 0. The second-order valence-electron chi connectivity index (χ2n) is 3.25. The Kier molecular flexibility index (Phi) is 3.39. The molecule has 2 rings (SSSR count). The number of carbonyl (C=O) groups excluding carboxylic acids is 1. The Bertz CT molecular complexity index is 519. The monoisotopic (exact) mass is 249 g/mol. The molecule has 0 aliphatic carbocycles. The highest BCUT2D eigenvalue weighted by molar-refractivity contribution is 7.13. The standard InChI is InChI=1S/C12H11NO3S/c1-15-9-5-3-8(4-6-9)11-10(12(14)16-2)13-7-17-11/h3-7H,1-2H3. The maximum Gasteiger partial charge on any atom is 0.358 e. The van der Waals surface area contributed by atoms with Crippen LogP contribution in [0, 0.1) is 0 Å². The van der Waals surface area contributed by atoms with Gasteiger partial charge in [-0.05, 0) is 29.8 Å². The number of nitrogens with zero attached hydrogens (tertiary/aromatic N) is 1. The molecule has 0 spiro atoms. The van der Waals surface area contributed by atoms with Crippen molar-refractivity contribution in [3.63, 3.8) is 0 Å². The van der Waals surface area contributed by atoms with E-state index in [1.165, 1.54) is 18.4 Å². The first kappa shape index (κ1) is 11.6. The van der Waals surface area contributed by atoms with E-state index in [0.29, 0.717) is 5.69 Å². The maximum atomic E-state index is 11.5. The zero-order valence-corrected chi connectivity index (χ0v) is 10.3. The van der Waals surface area contributed by atoms with Crippen LogP contribution in [0.3, 0.4) is 0 Å². The highest BCUT2D eigenvalue weighted by Gasteiger charge is 2.16. The van der Waals surface area contributed by atoms with Gasteiger partial charge in [0.25, 0.3) is 0 Å². The number of esters is 1. The van der Waals surface area contributed by atoms with E-state index in [0.717, 1.165) is 16.2 Å². The molecule has 1 aromatic heterocycles. The SMILES string of the molecule is COC(=O)c1ncsc1-c1ccc(OC)cc1. The molecule has 2 aromatic rings. The molecule has 0 saturated carbocycles. The lowest BCUT2D eigenvalue weighted by atomic mass is 10.1. The Hall–Kier alpha value is -1.88. The number of hydrogen-bond acceptors (Lipinski definition) is 5. The van der Waals surface area contributed by atoms with Crippen molar-refractivity contribution in [2.45, 2.75) is 0 Å². The predicted molar refractivity (Wildman–Crippen MR) is 65.4 cm³/mol. The molecule has 0 atom stereocenters. The van der Waals surface area contributed by atoms with Crippen molar-refractivity contribution in [3.8, 4) is 16.2 Å². The van der Waals surface area contributed by atoms with Gasteiger partial charge in [-0.1, -0.05) is 0 Å². The third kappa shape index (κ3) is 2.29. The van der Waals surface area contributed by atoms with E-state index in [2.05, 4.69) is 9.72 Å². The van der Waals surface area contributed by atoms with Gasteiger partial charge < -0.3 is 9.47 Å². The fraction of sp³-hybridized carbons (Fsp3) is 0.167. The number of aromatic nitrogens is 1. The molecule has 0 bridgehead atoms. The third-order valence-corrected chi connectivity index (χ3v) is 3.17. The molecule has 0 saturated heterocycles. The van der Waals surface area contributed by atoms with Crippen molar-refractivity contribution < 1.29 is 14.3 Å². The minimum atomic E-state index is -0.419. The number of rotatable bonds is 3. The van der Waals surface area contributed by atoms with E-state index in [-0.39, 0.29) is 0 Å². The Labute approximate surface area is 103 Å². The number of carbonyl (C=O) groups is 1. The summed E-state index contributed by atoms with van der Waals surface area (Å²) < 4.78 is 9.76. The van der Waals surface area contributed by atoms with Crippen LogP contribution in [0.5, 0.6) is 5.75 Å². The molecule has 0 radical (unpaired) electrons. The van der Waals surface area contributed by atoms with Gasteiger partial charge in [0, 0.05) is 0 Å². The summed E-state index contributed by atoms with van der Waals surface area (Å²) in [5.41, 5.74) is 2.91. The van der Waals surface area contributed by atoms with Crippen LogP contribution in [0.15, 0.2) is 29.8 Å². The highest BCUT2D eigenvalue weighted by Crippen LogP contribution is 2.29. The van der Waals surface area contributed by atoms with Crippen molar-refractivity contribution in [2.75, 3.05) is 14.2 Å². The summed E-state index contributed by atoms with van der Waals surface area (Å²) in [7, 11) is 2.96. The first-order valence-corrected chi connectivity index (χ1v) is 5.80. The lowest BCUT2D eigenvalue weighted by Gasteiger charge is -2.03. The molecule has 0 unspecified atom stereocenters. The van der Waals surface area contributed by atoms with E-state index in [4.69, 9.17) is 4.74 Å². The number of thiazole rings is 1. The summed E-state index contributed by atoms with van der Waals surface area (Å²) in [5.74, 6) is 0.356. The summed E-state index contributed by atoms with van der Waals surface area (Å²) in [6.45, 7) is 0. The molecule has 88 valence electrons. The summed E-state index contributed by atoms with van der Waals surface area (Å²) >= 11 is 1.41. The fourth-order valence-corrected chi connectivity index (χ4v) is 2.22. The van der Waals surface area contributed by atoms with Crippen LogP contribution in [-0.2, 0) is 4.74 Å². The van der Waals surface area contributed by atoms with Gasteiger partial charge in [-0.15, -0.1) is 11.3 Å². The quantitative estimate of drug-likeness (QED) is 0.784. The first-order valence-electron chi connectivity index (χ1n) is 4.92.